The lowest BCUT2D eigenvalue weighted by Gasteiger charge is -2.36. The van der Waals surface area contributed by atoms with E-state index in [9.17, 15) is 30.5 Å². The number of benzene rings is 3. The van der Waals surface area contributed by atoms with Crippen LogP contribution in [-0.2, 0) is 10.1 Å². The number of fused-ring (bicyclic) bond motifs is 2. The Morgan fingerprint density at radius 1 is 0.667 bits per heavy atom. The molecular weight excluding hydrogens is 583 g/mol. The van der Waals surface area contributed by atoms with Crippen LogP contribution in [0, 0.1) is 17.8 Å². The second-order valence-corrected chi connectivity index (χ2v) is 15.8. The first kappa shape index (κ1) is 31.2. The van der Waals surface area contributed by atoms with Gasteiger partial charge in [-0.1, -0.05) is 74.2 Å². The number of halogens is 4. The molecule has 0 aromatic heterocycles. The minimum absolute atomic E-state index is 0.0407. The summed E-state index contributed by atoms with van der Waals surface area (Å²) >= 11 is 0. The van der Waals surface area contributed by atoms with E-state index in [2.05, 4.69) is 84.9 Å². The molecule has 0 N–H and O–H groups in total. The van der Waals surface area contributed by atoms with Gasteiger partial charge in [0.05, 0.1) is 7.92 Å². The van der Waals surface area contributed by atoms with Crippen LogP contribution in [0.2, 0.25) is 0 Å². The molecule has 0 amide bonds. The average Bonchev–Trinajstić information content (AvgIpc) is 3.64. The molecule has 0 radical (unpaired) electrons. The molecule has 0 aliphatic heterocycles. The second kappa shape index (κ2) is 12.8. The van der Waals surface area contributed by atoms with Crippen molar-refractivity contribution in [2.45, 2.75) is 74.9 Å². The summed E-state index contributed by atoms with van der Waals surface area (Å²) < 4.78 is 84.0. The zero-order valence-corrected chi connectivity index (χ0v) is 25.2. The summed E-state index contributed by atoms with van der Waals surface area (Å²) in [6.45, 7) is 0. The van der Waals surface area contributed by atoms with Gasteiger partial charge in [0.25, 0.3) is 0 Å². The maximum absolute atomic E-state index is 13.5. The van der Waals surface area contributed by atoms with Crippen LogP contribution in [0.25, 0.3) is 0 Å². The van der Waals surface area contributed by atoms with Crippen LogP contribution < -0.4 is 15.9 Å². The van der Waals surface area contributed by atoms with Gasteiger partial charge in [-0.2, -0.15) is 17.6 Å². The molecule has 3 aromatic carbocycles. The average molecular weight is 621 g/mol. The van der Waals surface area contributed by atoms with E-state index in [1.54, 1.807) is 5.56 Å². The van der Waals surface area contributed by atoms with Crippen molar-refractivity contribution in [2.75, 3.05) is 0 Å². The normalized spacial score (nSPS) is 23.0. The third-order valence-corrected chi connectivity index (χ3v) is 12.9. The maximum Gasteiger partial charge on any atom is 0.396 e. The maximum atomic E-state index is 13.5. The molecule has 42 heavy (non-hydrogen) atoms. The van der Waals surface area contributed by atoms with Crippen molar-refractivity contribution in [3.8, 4) is 0 Å². The summed E-state index contributed by atoms with van der Waals surface area (Å²) in [6.07, 6.45) is 8.38. The van der Waals surface area contributed by atoms with Crippen molar-refractivity contribution in [3.05, 3.63) is 90.5 Å². The summed E-state index contributed by atoms with van der Waals surface area (Å²) in [4.78, 5) is 0. The molecule has 0 saturated heterocycles. The summed E-state index contributed by atoms with van der Waals surface area (Å²) in [5, 5.41) is -1.11. The minimum Gasteiger partial charge on any atom is -0.743 e. The van der Waals surface area contributed by atoms with E-state index in [0.29, 0.717) is 19.3 Å². The van der Waals surface area contributed by atoms with Crippen LogP contribution in [0.4, 0.5) is 17.6 Å². The molecule has 3 fully saturated rings. The summed E-state index contributed by atoms with van der Waals surface area (Å²) in [5.74, 6) is -6.32. The Kier molecular flexibility index (Phi) is 9.46. The fourth-order valence-corrected chi connectivity index (χ4v) is 10.2. The van der Waals surface area contributed by atoms with Crippen LogP contribution in [-0.4, -0.2) is 24.1 Å². The molecule has 0 heterocycles. The number of rotatable bonds is 7. The van der Waals surface area contributed by atoms with Crippen LogP contribution in [0.1, 0.15) is 69.3 Å². The lowest BCUT2D eigenvalue weighted by molar-refractivity contribution is -0.202. The first-order valence-corrected chi connectivity index (χ1v) is 17.7. The van der Waals surface area contributed by atoms with Gasteiger partial charge in [-0.15, -0.1) is 0 Å². The Balaban J connectivity index is 0.000000181. The highest BCUT2D eigenvalue weighted by molar-refractivity contribution is 7.86. The molecule has 3 atom stereocenters. The van der Waals surface area contributed by atoms with E-state index in [0.717, 1.165) is 5.92 Å². The standard InChI is InChI=1S/C24H25P.C9H12F4O3S/c1-4-10-20(11-5-1)21-16-18-24(19-17-21)25(22-12-6-2-7-13-22)23-14-8-3-9-15-23;10-8(11,9(12,13)17(14,15)16)7-4-5-1-2-6(7)3-5/h2-3,6-9,12-20H,1,4-5,10-11H2;5-7H,1-4H2,(H,14,15,16). The molecule has 6 rings (SSSR count). The van der Waals surface area contributed by atoms with Crippen LogP contribution in [0.15, 0.2) is 84.9 Å². The topological polar surface area (TPSA) is 57.2 Å². The van der Waals surface area contributed by atoms with Gasteiger partial charge in [-0.05, 0) is 91.8 Å². The highest BCUT2D eigenvalue weighted by Crippen LogP contribution is 2.58. The summed E-state index contributed by atoms with van der Waals surface area (Å²) in [7, 11) is -7.27. The van der Waals surface area contributed by atoms with Gasteiger partial charge in [0.2, 0.25) is 0 Å². The number of alkyl halides is 4. The number of hydrogen-bond donors (Lipinski definition) is 0. The number of hydrogen-bond acceptors (Lipinski definition) is 3. The van der Waals surface area contributed by atoms with E-state index >= 15 is 0 Å². The molecule has 3 nitrogen and oxygen atoms in total. The van der Waals surface area contributed by atoms with Crippen LogP contribution in [0.5, 0.6) is 0 Å². The second-order valence-electron chi connectivity index (χ2n) is 11.9. The van der Waals surface area contributed by atoms with E-state index < -0.39 is 41.1 Å². The van der Waals surface area contributed by atoms with Crippen molar-refractivity contribution in [1.82, 2.24) is 0 Å². The van der Waals surface area contributed by atoms with Crippen molar-refractivity contribution in [3.63, 3.8) is 0 Å². The van der Waals surface area contributed by atoms with Gasteiger partial charge in [-0.3, -0.25) is 0 Å². The van der Waals surface area contributed by atoms with Crippen LogP contribution in [0.3, 0.4) is 0 Å². The zero-order chi connectivity index (χ0) is 30.0. The third kappa shape index (κ3) is 6.46. The molecular formula is C33H37F4O3PS. The van der Waals surface area contributed by atoms with Crippen molar-refractivity contribution >= 4 is 34.0 Å². The Hall–Kier alpha value is -2.28. The molecule has 0 spiro atoms. The van der Waals surface area contributed by atoms with E-state index in [4.69, 9.17) is 0 Å². The fraction of sp³-hybridized carbons (Fsp3) is 0.455. The molecule has 2 bridgehead atoms. The van der Waals surface area contributed by atoms with E-state index in [1.807, 2.05) is 0 Å². The molecule has 3 saturated carbocycles. The van der Waals surface area contributed by atoms with E-state index in [-0.39, 0.29) is 12.3 Å². The van der Waals surface area contributed by atoms with Crippen molar-refractivity contribution in [1.29, 1.82) is 0 Å². The molecule has 3 aliphatic carbocycles. The van der Waals surface area contributed by atoms with Crippen molar-refractivity contribution in [2.24, 2.45) is 17.8 Å². The Labute approximate surface area is 247 Å². The minimum atomic E-state index is -6.35. The lowest BCUT2D eigenvalue weighted by Crippen LogP contribution is -2.52. The van der Waals surface area contributed by atoms with E-state index in [1.165, 1.54) is 48.0 Å². The van der Waals surface area contributed by atoms with Gasteiger partial charge < -0.3 is 4.55 Å². The Morgan fingerprint density at radius 3 is 1.64 bits per heavy atom. The molecule has 226 valence electrons. The quantitative estimate of drug-likeness (QED) is 0.157. The molecule has 3 aliphatic rings. The van der Waals surface area contributed by atoms with Gasteiger partial charge in [-0.25, -0.2) is 8.42 Å². The third-order valence-electron chi connectivity index (χ3n) is 9.31. The van der Waals surface area contributed by atoms with Gasteiger partial charge >= 0.3 is 11.2 Å². The zero-order valence-electron chi connectivity index (χ0n) is 23.4. The van der Waals surface area contributed by atoms with Gasteiger partial charge in [0.1, 0.15) is 15.9 Å². The summed E-state index contributed by atoms with van der Waals surface area (Å²) in [5.41, 5.74) is 1.55. The highest BCUT2D eigenvalue weighted by atomic mass is 32.2. The fourth-order valence-electron chi connectivity index (χ4n) is 7.14. The summed E-state index contributed by atoms with van der Waals surface area (Å²) in [6, 6.07) is 31.7. The van der Waals surface area contributed by atoms with Crippen LogP contribution >= 0.6 is 7.92 Å². The monoisotopic (exact) mass is 620 g/mol. The largest absolute Gasteiger partial charge is 0.743 e. The Bertz CT molecular complexity index is 1370. The molecule has 3 aromatic rings. The molecule has 3 unspecified atom stereocenters. The molecule has 9 heteroatoms. The first-order valence-electron chi connectivity index (χ1n) is 14.8. The van der Waals surface area contributed by atoms with Gasteiger partial charge in [0.15, 0.2) is 10.1 Å². The predicted molar refractivity (Wildman–Crippen MR) is 161 cm³/mol. The van der Waals surface area contributed by atoms with Crippen molar-refractivity contribution < 1.29 is 30.5 Å². The lowest BCUT2D eigenvalue weighted by atomic mass is 9.84. The first-order chi connectivity index (χ1) is 20.0. The predicted octanol–water partition coefficient (Wildman–Crippen LogP) is 7.42. The smallest absolute Gasteiger partial charge is 0.396 e. The highest BCUT2D eigenvalue weighted by Gasteiger charge is 2.68. The SMILES string of the molecule is O=S(=O)([O-])C(F)(F)C(F)(F)C1CC2CCC1C2.c1ccc([PH+](c2ccccc2)c2ccc(C3CCCCC3)cc2)cc1. The van der Waals surface area contributed by atoms with Gasteiger partial charge in [0, 0.05) is 5.92 Å². The Morgan fingerprint density at radius 2 is 1.19 bits per heavy atom.